The number of rotatable bonds is 2. The fourth-order valence-corrected chi connectivity index (χ4v) is 3.31. The molecule has 0 fully saturated rings. The minimum atomic E-state index is -1.02. The molecule has 3 rings (SSSR count). The number of carbonyl (C=O) groups is 2. The van der Waals surface area contributed by atoms with Crippen LogP contribution in [0.4, 0.5) is 5.69 Å². The fraction of sp³-hybridized carbons (Fsp3) is 0.200. The zero-order valence-corrected chi connectivity index (χ0v) is 12.2. The van der Waals surface area contributed by atoms with E-state index >= 15 is 0 Å². The lowest BCUT2D eigenvalue weighted by atomic mass is 10.2. The van der Waals surface area contributed by atoms with Gasteiger partial charge in [-0.2, -0.15) is 0 Å². The minimum absolute atomic E-state index is 0.199. The monoisotopic (exact) mass is 302 g/mol. The summed E-state index contributed by atoms with van der Waals surface area (Å²) in [6.45, 7) is 1.53. The van der Waals surface area contributed by atoms with Crippen molar-refractivity contribution in [1.82, 2.24) is 4.57 Å². The number of hydrogen-bond acceptors (Lipinski definition) is 3. The molecule has 0 aliphatic carbocycles. The Balaban J connectivity index is 2.21. The Labute approximate surface area is 126 Å². The molecule has 108 valence electrons. The molecule has 1 aliphatic heterocycles. The van der Waals surface area contributed by atoms with Crippen molar-refractivity contribution in [2.45, 2.75) is 18.0 Å². The molecular weight excluding hydrogens is 288 g/mol. The molecule has 5 nitrogen and oxygen atoms in total. The van der Waals surface area contributed by atoms with Gasteiger partial charge < -0.3 is 9.67 Å². The average Bonchev–Trinajstić information content (AvgIpc) is 2.92. The molecule has 0 saturated heterocycles. The molecule has 2 heterocycles. The molecule has 21 heavy (non-hydrogen) atoms. The highest BCUT2D eigenvalue weighted by Gasteiger charge is 2.30. The Morgan fingerprint density at radius 2 is 1.95 bits per heavy atom. The van der Waals surface area contributed by atoms with Gasteiger partial charge in [-0.05, 0) is 31.2 Å². The first-order valence-corrected chi connectivity index (χ1v) is 7.52. The van der Waals surface area contributed by atoms with Gasteiger partial charge in [0.15, 0.2) is 0 Å². The normalized spacial score (nSPS) is 15.7. The molecule has 1 aromatic heterocycles. The van der Waals surface area contributed by atoms with Crippen LogP contribution in [-0.2, 0) is 9.59 Å². The van der Waals surface area contributed by atoms with E-state index in [9.17, 15) is 14.7 Å². The standard InChI is InChI=1S/C15H14N2O3S/c1-10(15(19)20)17-12-6-3-2-5-11(12)16-8-4-7-14(16)21-9-13(17)18/h2-8,10H,9H2,1H3,(H,19,20). The predicted molar refractivity (Wildman–Crippen MR) is 81.1 cm³/mol. The lowest BCUT2D eigenvalue weighted by Crippen LogP contribution is -2.45. The molecule has 0 bridgehead atoms. The summed E-state index contributed by atoms with van der Waals surface area (Å²) in [5.74, 6) is -0.998. The lowest BCUT2D eigenvalue weighted by molar-refractivity contribution is -0.139. The van der Waals surface area contributed by atoms with Crippen LogP contribution in [0.5, 0.6) is 0 Å². The van der Waals surface area contributed by atoms with E-state index in [1.54, 1.807) is 6.07 Å². The Bertz CT molecular complexity index is 710. The number of carbonyl (C=O) groups excluding carboxylic acids is 1. The maximum atomic E-state index is 12.4. The van der Waals surface area contributed by atoms with Crippen LogP contribution in [0.2, 0.25) is 0 Å². The van der Waals surface area contributed by atoms with Crippen LogP contribution in [0.1, 0.15) is 6.92 Å². The summed E-state index contributed by atoms with van der Waals surface area (Å²) in [5.41, 5.74) is 1.43. The summed E-state index contributed by atoms with van der Waals surface area (Å²) in [6, 6.07) is 10.3. The van der Waals surface area contributed by atoms with Crippen molar-refractivity contribution >= 4 is 29.3 Å². The van der Waals surface area contributed by atoms with Crippen molar-refractivity contribution in [2.24, 2.45) is 0 Å². The van der Waals surface area contributed by atoms with Crippen LogP contribution in [0.25, 0.3) is 5.69 Å². The second kappa shape index (κ2) is 5.29. The fourth-order valence-electron chi connectivity index (χ4n) is 2.43. The third kappa shape index (κ3) is 2.31. The largest absolute Gasteiger partial charge is 0.480 e. The molecule has 1 aliphatic rings. The molecule has 1 aromatic carbocycles. The third-order valence-corrected chi connectivity index (χ3v) is 4.49. The van der Waals surface area contributed by atoms with Gasteiger partial charge in [0.2, 0.25) is 5.91 Å². The van der Waals surface area contributed by atoms with Gasteiger partial charge in [-0.3, -0.25) is 9.69 Å². The summed E-state index contributed by atoms with van der Waals surface area (Å²) in [5, 5.41) is 10.3. The minimum Gasteiger partial charge on any atom is -0.480 e. The zero-order chi connectivity index (χ0) is 15.0. The van der Waals surface area contributed by atoms with Gasteiger partial charge >= 0.3 is 5.97 Å². The number of amides is 1. The Hall–Kier alpha value is -2.21. The molecule has 1 amide bonds. The number of carboxylic acid groups (broad SMARTS) is 1. The second-order valence-corrected chi connectivity index (χ2v) is 5.77. The van der Waals surface area contributed by atoms with Crippen molar-refractivity contribution in [3.05, 3.63) is 42.6 Å². The van der Waals surface area contributed by atoms with Gasteiger partial charge in [-0.1, -0.05) is 23.9 Å². The number of benzene rings is 1. The number of aromatic nitrogens is 1. The highest BCUT2D eigenvalue weighted by Crippen LogP contribution is 2.34. The van der Waals surface area contributed by atoms with E-state index in [4.69, 9.17) is 0 Å². The van der Waals surface area contributed by atoms with Gasteiger partial charge in [0.1, 0.15) is 6.04 Å². The lowest BCUT2D eigenvalue weighted by Gasteiger charge is -2.30. The third-order valence-electron chi connectivity index (χ3n) is 3.47. The van der Waals surface area contributed by atoms with Crippen molar-refractivity contribution in [2.75, 3.05) is 10.7 Å². The summed E-state index contributed by atoms with van der Waals surface area (Å²) >= 11 is 1.41. The van der Waals surface area contributed by atoms with Gasteiger partial charge in [-0.25, -0.2) is 4.79 Å². The van der Waals surface area contributed by atoms with Crippen molar-refractivity contribution in [3.8, 4) is 5.69 Å². The van der Waals surface area contributed by atoms with Crippen molar-refractivity contribution in [3.63, 3.8) is 0 Å². The summed E-state index contributed by atoms with van der Waals surface area (Å²) in [4.78, 5) is 25.1. The molecule has 6 heteroatoms. The van der Waals surface area contributed by atoms with E-state index in [1.807, 2.05) is 41.1 Å². The Kier molecular flexibility index (Phi) is 3.47. The number of fused-ring (bicyclic) bond motifs is 3. The molecule has 0 spiro atoms. The van der Waals surface area contributed by atoms with Crippen LogP contribution in [0, 0.1) is 0 Å². The SMILES string of the molecule is CC(C(=O)O)N1C(=O)CSc2cccn2-c2ccccc21. The van der Waals surface area contributed by atoms with Crippen molar-refractivity contribution < 1.29 is 14.7 Å². The van der Waals surface area contributed by atoms with Crippen molar-refractivity contribution in [1.29, 1.82) is 0 Å². The summed E-state index contributed by atoms with van der Waals surface area (Å²) < 4.78 is 1.98. The second-order valence-electron chi connectivity index (χ2n) is 4.77. The van der Waals surface area contributed by atoms with Crippen LogP contribution in [-0.4, -0.2) is 33.3 Å². The van der Waals surface area contributed by atoms with Crippen LogP contribution in [0.3, 0.4) is 0 Å². The number of thioether (sulfide) groups is 1. The van der Waals surface area contributed by atoms with Gasteiger partial charge in [0.25, 0.3) is 0 Å². The number of aliphatic carboxylic acids is 1. The highest BCUT2D eigenvalue weighted by molar-refractivity contribution is 7.99. The Morgan fingerprint density at radius 1 is 1.24 bits per heavy atom. The molecule has 1 atom stereocenters. The van der Waals surface area contributed by atoms with E-state index in [0.717, 1.165) is 10.7 Å². The number of hydrogen-bond donors (Lipinski definition) is 1. The number of anilines is 1. The summed E-state index contributed by atoms with van der Waals surface area (Å²) in [6.07, 6.45) is 1.92. The zero-order valence-electron chi connectivity index (χ0n) is 11.4. The number of carboxylic acids is 1. The van der Waals surface area contributed by atoms with Gasteiger partial charge in [0.05, 0.1) is 22.2 Å². The molecule has 2 aromatic rings. The maximum absolute atomic E-state index is 12.4. The predicted octanol–water partition coefficient (Wildman–Crippen LogP) is 2.39. The van der Waals surface area contributed by atoms with E-state index in [0.29, 0.717) is 5.69 Å². The van der Waals surface area contributed by atoms with Crippen LogP contribution >= 0.6 is 11.8 Å². The summed E-state index contributed by atoms with van der Waals surface area (Å²) in [7, 11) is 0. The first-order chi connectivity index (χ1) is 10.1. The molecule has 1 unspecified atom stereocenters. The average molecular weight is 302 g/mol. The van der Waals surface area contributed by atoms with E-state index in [-0.39, 0.29) is 11.7 Å². The molecule has 0 saturated carbocycles. The van der Waals surface area contributed by atoms with E-state index in [1.165, 1.54) is 23.6 Å². The topological polar surface area (TPSA) is 62.5 Å². The molecular formula is C15H14N2O3S. The number of nitrogens with zero attached hydrogens (tertiary/aromatic N) is 2. The van der Waals surface area contributed by atoms with Crippen LogP contribution < -0.4 is 4.90 Å². The van der Waals surface area contributed by atoms with E-state index in [2.05, 4.69) is 0 Å². The van der Waals surface area contributed by atoms with E-state index < -0.39 is 12.0 Å². The quantitative estimate of drug-likeness (QED) is 0.925. The molecule has 1 N–H and O–H groups in total. The number of para-hydroxylation sites is 2. The van der Waals surface area contributed by atoms with Crippen LogP contribution in [0.15, 0.2) is 47.6 Å². The highest BCUT2D eigenvalue weighted by atomic mass is 32.2. The molecule has 0 radical (unpaired) electrons. The van der Waals surface area contributed by atoms with Gasteiger partial charge in [-0.15, -0.1) is 0 Å². The van der Waals surface area contributed by atoms with Gasteiger partial charge in [0, 0.05) is 6.20 Å². The first-order valence-electron chi connectivity index (χ1n) is 6.54. The smallest absolute Gasteiger partial charge is 0.326 e. The maximum Gasteiger partial charge on any atom is 0.326 e. The Morgan fingerprint density at radius 3 is 2.67 bits per heavy atom. The first kappa shape index (κ1) is 13.8.